The first-order valence-electron chi connectivity index (χ1n) is 6.07. The van der Waals surface area contributed by atoms with Crippen molar-refractivity contribution in [1.29, 1.82) is 0 Å². The van der Waals surface area contributed by atoms with Crippen LogP contribution in [0.25, 0.3) is 0 Å². The zero-order chi connectivity index (χ0) is 13.8. The van der Waals surface area contributed by atoms with Crippen LogP contribution in [0.15, 0.2) is 18.2 Å². The Labute approximate surface area is 120 Å². The molecule has 2 nitrogen and oxygen atoms in total. The van der Waals surface area contributed by atoms with Crippen LogP contribution in [0, 0.1) is 0 Å². The van der Waals surface area contributed by atoms with Crippen LogP contribution >= 0.6 is 23.2 Å². The second kappa shape index (κ2) is 6.76. The van der Waals surface area contributed by atoms with Crippen molar-refractivity contribution < 1.29 is 4.74 Å². The van der Waals surface area contributed by atoms with E-state index in [1.807, 2.05) is 19.2 Å². The highest BCUT2D eigenvalue weighted by atomic mass is 35.5. The molecule has 1 rings (SSSR count). The summed E-state index contributed by atoms with van der Waals surface area (Å²) in [7, 11) is 3.68. The standard InChI is InChI=1S/C14H21Cl2NO/c1-14(2,18-4)8-7-13(17-3)11-6-5-10(15)9-12(11)16/h5-6,9,13,17H,7-8H2,1-4H3. The first-order valence-corrected chi connectivity index (χ1v) is 6.82. The average Bonchev–Trinajstić information content (AvgIpc) is 2.32. The highest BCUT2D eigenvalue weighted by Gasteiger charge is 2.20. The van der Waals surface area contributed by atoms with Crippen molar-refractivity contribution >= 4 is 23.2 Å². The van der Waals surface area contributed by atoms with Gasteiger partial charge in [0.25, 0.3) is 0 Å². The van der Waals surface area contributed by atoms with E-state index in [2.05, 4.69) is 19.2 Å². The maximum Gasteiger partial charge on any atom is 0.0623 e. The van der Waals surface area contributed by atoms with Gasteiger partial charge in [-0.25, -0.2) is 0 Å². The highest BCUT2D eigenvalue weighted by molar-refractivity contribution is 6.35. The number of nitrogens with one attached hydrogen (secondary N) is 1. The van der Waals surface area contributed by atoms with Crippen molar-refractivity contribution in [3.8, 4) is 0 Å². The van der Waals surface area contributed by atoms with Gasteiger partial charge in [-0.2, -0.15) is 0 Å². The number of rotatable bonds is 6. The molecule has 1 aromatic carbocycles. The summed E-state index contributed by atoms with van der Waals surface area (Å²) in [5.74, 6) is 0. The zero-order valence-electron chi connectivity index (χ0n) is 11.4. The smallest absolute Gasteiger partial charge is 0.0623 e. The van der Waals surface area contributed by atoms with Crippen LogP contribution in [0.4, 0.5) is 0 Å². The summed E-state index contributed by atoms with van der Waals surface area (Å²) in [5.41, 5.74) is 0.962. The van der Waals surface area contributed by atoms with Gasteiger partial charge in [-0.1, -0.05) is 29.3 Å². The van der Waals surface area contributed by atoms with Crippen molar-refractivity contribution in [2.75, 3.05) is 14.2 Å². The Morgan fingerprint density at radius 1 is 1.33 bits per heavy atom. The molecule has 0 spiro atoms. The Hall–Kier alpha value is -0.280. The summed E-state index contributed by atoms with van der Waals surface area (Å²) < 4.78 is 5.44. The molecule has 0 fully saturated rings. The van der Waals surface area contributed by atoms with E-state index in [9.17, 15) is 0 Å². The van der Waals surface area contributed by atoms with Gasteiger partial charge in [0.05, 0.1) is 5.60 Å². The molecule has 4 heteroatoms. The van der Waals surface area contributed by atoms with Crippen LogP contribution in [-0.2, 0) is 4.74 Å². The number of methoxy groups -OCH3 is 1. The molecule has 0 aliphatic carbocycles. The summed E-state index contributed by atoms with van der Waals surface area (Å²) in [4.78, 5) is 0. The number of hydrogen-bond acceptors (Lipinski definition) is 2. The van der Waals surface area contributed by atoms with Gasteiger partial charge in [0.15, 0.2) is 0 Å². The lowest BCUT2D eigenvalue weighted by molar-refractivity contribution is 0.0118. The molecule has 0 aliphatic rings. The maximum atomic E-state index is 6.23. The normalized spacial score (nSPS) is 13.7. The summed E-state index contributed by atoms with van der Waals surface area (Å²) in [6, 6.07) is 5.84. The molecule has 18 heavy (non-hydrogen) atoms. The van der Waals surface area contributed by atoms with Gasteiger partial charge in [0.2, 0.25) is 0 Å². The Bertz CT molecular complexity index is 393. The van der Waals surface area contributed by atoms with Crippen LogP contribution in [-0.4, -0.2) is 19.8 Å². The fourth-order valence-corrected chi connectivity index (χ4v) is 2.37. The zero-order valence-corrected chi connectivity index (χ0v) is 12.9. The SMILES string of the molecule is CNC(CCC(C)(C)OC)c1ccc(Cl)cc1Cl. The Morgan fingerprint density at radius 2 is 2.00 bits per heavy atom. The van der Waals surface area contributed by atoms with Crippen molar-refractivity contribution in [1.82, 2.24) is 5.32 Å². The lowest BCUT2D eigenvalue weighted by Gasteiger charge is -2.26. The molecule has 102 valence electrons. The molecule has 0 aliphatic heterocycles. The van der Waals surface area contributed by atoms with E-state index in [-0.39, 0.29) is 11.6 Å². The first kappa shape index (κ1) is 15.8. The van der Waals surface area contributed by atoms with Crippen molar-refractivity contribution in [2.45, 2.75) is 38.3 Å². The second-order valence-electron chi connectivity index (χ2n) is 5.01. The van der Waals surface area contributed by atoms with Gasteiger partial charge < -0.3 is 10.1 Å². The van der Waals surface area contributed by atoms with E-state index in [1.54, 1.807) is 13.2 Å². The van der Waals surface area contributed by atoms with Crippen molar-refractivity contribution in [2.24, 2.45) is 0 Å². The van der Waals surface area contributed by atoms with Crippen LogP contribution in [0.2, 0.25) is 10.0 Å². The lowest BCUT2D eigenvalue weighted by atomic mass is 9.95. The lowest BCUT2D eigenvalue weighted by Crippen LogP contribution is -2.26. The minimum Gasteiger partial charge on any atom is -0.379 e. The molecular weight excluding hydrogens is 269 g/mol. The monoisotopic (exact) mass is 289 g/mol. The van der Waals surface area contributed by atoms with E-state index in [4.69, 9.17) is 27.9 Å². The predicted octanol–water partition coefficient (Wildman–Crippen LogP) is 4.46. The molecule has 1 N–H and O–H groups in total. The van der Waals surface area contributed by atoms with Gasteiger partial charge in [0.1, 0.15) is 0 Å². The molecule has 0 saturated carbocycles. The van der Waals surface area contributed by atoms with Gasteiger partial charge in [0, 0.05) is 23.2 Å². The quantitative estimate of drug-likeness (QED) is 0.835. The minimum absolute atomic E-state index is 0.117. The third-order valence-electron chi connectivity index (χ3n) is 3.27. The fraction of sp³-hybridized carbons (Fsp3) is 0.571. The molecule has 1 atom stereocenters. The van der Waals surface area contributed by atoms with E-state index in [0.29, 0.717) is 10.0 Å². The van der Waals surface area contributed by atoms with E-state index in [0.717, 1.165) is 18.4 Å². The molecule has 1 aromatic rings. The molecule has 0 radical (unpaired) electrons. The second-order valence-corrected chi connectivity index (χ2v) is 5.85. The third kappa shape index (κ3) is 4.43. The molecule has 1 unspecified atom stereocenters. The van der Waals surface area contributed by atoms with Crippen LogP contribution in [0.5, 0.6) is 0 Å². The molecular formula is C14H21Cl2NO. The van der Waals surface area contributed by atoms with Gasteiger partial charge >= 0.3 is 0 Å². The van der Waals surface area contributed by atoms with Gasteiger partial charge in [-0.15, -0.1) is 0 Å². The molecule has 0 aromatic heterocycles. The Morgan fingerprint density at radius 3 is 2.50 bits per heavy atom. The Kier molecular flexibility index (Phi) is 5.93. The summed E-state index contributed by atoms with van der Waals surface area (Å²) >= 11 is 12.1. The first-order chi connectivity index (χ1) is 8.39. The average molecular weight is 290 g/mol. The number of halogens is 2. The Balaban J connectivity index is 2.77. The topological polar surface area (TPSA) is 21.3 Å². The number of hydrogen-bond donors (Lipinski definition) is 1. The summed E-state index contributed by atoms with van der Waals surface area (Å²) in [6.45, 7) is 4.17. The predicted molar refractivity (Wildman–Crippen MR) is 78.6 cm³/mol. The molecule has 0 bridgehead atoms. The molecule has 0 heterocycles. The van der Waals surface area contributed by atoms with E-state index >= 15 is 0 Å². The van der Waals surface area contributed by atoms with Crippen LogP contribution in [0.1, 0.15) is 38.3 Å². The number of ether oxygens (including phenoxy) is 1. The van der Waals surface area contributed by atoms with Crippen LogP contribution in [0.3, 0.4) is 0 Å². The molecule has 0 amide bonds. The fourth-order valence-electron chi connectivity index (χ4n) is 1.83. The molecule has 0 saturated heterocycles. The van der Waals surface area contributed by atoms with Gasteiger partial charge in [-0.05, 0) is 51.4 Å². The summed E-state index contributed by atoms with van der Waals surface area (Å²) in [6.07, 6.45) is 1.91. The summed E-state index contributed by atoms with van der Waals surface area (Å²) in [5, 5.41) is 4.66. The van der Waals surface area contributed by atoms with Gasteiger partial charge in [-0.3, -0.25) is 0 Å². The highest BCUT2D eigenvalue weighted by Crippen LogP contribution is 2.30. The third-order valence-corrected chi connectivity index (χ3v) is 3.84. The largest absolute Gasteiger partial charge is 0.379 e. The van der Waals surface area contributed by atoms with Crippen LogP contribution < -0.4 is 5.32 Å². The van der Waals surface area contributed by atoms with Crippen molar-refractivity contribution in [3.05, 3.63) is 33.8 Å². The van der Waals surface area contributed by atoms with E-state index < -0.39 is 0 Å². The van der Waals surface area contributed by atoms with Crippen molar-refractivity contribution in [3.63, 3.8) is 0 Å². The van der Waals surface area contributed by atoms with E-state index in [1.165, 1.54) is 0 Å². The number of benzene rings is 1. The maximum absolute atomic E-state index is 6.23. The minimum atomic E-state index is -0.117.